The van der Waals surface area contributed by atoms with Gasteiger partial charge in [-0.25, -0.2) is 16.8 Å². The van der Waals surface area contributed by atoms with Crippen LogP contribution in [-0.4, -0.2) is 53.2 Å². The summed E-state index contributed by atoms with van der Waals surface area (Å²) in [5.74, 6) is -0.722. The summed E-state index contributed by atoms with van der Waals surface area (Å²) >= 11 is 5.72. The molecule has 0 aliphatic carbocycles. The maximum absolute atomic E-state index is 12.1. The molecular weight excluding hydrogens is 361 g/mol. The molecule has 1 amide bonds. The molecule has 0 N–H and O–H groups in total. The average molecular weight is 374 g/mol. The van der Waals surface area contributed by atoms with Gasteiger partial charge < -0.3 is 4.90 Å². The minimum Gasteiger partial charge on any atom is -0.341 e. The number of amides is 1. The van der Waals surface area contributed by atoms with Gasteiger partial charge in [-0.3, -0.25) is 4.79 Å². The van der Waals surface area contributed by atoms with E-state index in [1.807, 2.05) is 0 Å². The second kappa shape index (κ2) is 6.51. The van der Waals surface area contributed by atoms with Gasteiger partial charge in [-0.05, 0) is 18.2 Å². The second-order valence-electron chi connectivity index (χ2n) is 4.44. The van der Waals surface area contributed by atoms with Gasteiger partial charge in [0.2, 0.25) is 0 Å². The summed E-state index contributed by atoms with van der Waals surface area (Å²) in [7, 11) is -0.644. The summed E-state index contributed by atoms with van der Waals surface area (Å²) in [5, 5.41) is -0.0969. The van der Waals surface area contributed by atoms with Crippen molar-refractivity contribution >= 4 is 47.1 Å². The molecule has 0 aliphatic rings. The van der Waals surface area contributed by atoms with Crippen LogP contribution in [0.2, 0.25) is 5.02 Å². The van der Waals surface area contributed by atoms with Crippen molar-refractivity contribution in [1.82, 2.24) is 4.90 Å². The van der Waals surface area contributed by atoms with Crippen molar-refractivity contribution in [2.45, 2.75) is 4.90 Å². The highest BCUT2D eigenvalue weighted by Gasteiger charge is 2.20. The molecule has 1 aromatic carbocycles. The third-order valence-corrected chi connectivity index (χ3v) is 5.31. The molecule has 0 atom stereocenters. The number of benzene rings is 1. The number of hydrogen-bond acceptors (Lipinski definition) is 5. The Labute approximate surface area is 133 Å². The molecule has 1 rings (SSSR count). The third kappa shape index (κ3) is 5.46. The first-order valence-corrected chi connectivity index (χ1v) is 10.3. The molecule has 0 radical (unpaired) electrons. The molecule has 0 bridgehead atoms. The van der Waals surface area contributed by atoms with Gasteiger partial charge in [0, 0.05) is 36.1 Å². The molecule has 0 heterocycles. The monoisotopic (exact) mass is 373 g/mol. The quantitative estimate of drug-likeness (QED) is 0.727. The first kappa shape index (κ1) is 18.2. The highest BCUT2D eigenvalue weighted by atomic mass is 35.7. The Morgan fingerprint density at radius 3 is 2.29 bits per heavy atom. The van der Waals surface area contributed by atoms with Crippen molar-refractivity contribution in [3.63, 3.8) is 0 Å². The average Bonchev–Trinajstić information content (AvgIpc) is 2.33. The van der Waals surface area contributed by atoms with Gasteiger partial charge in [-0.1, -0.05) is 11.6 Å². The van der Waals surface area contributed by atoms with Gasteiger partial charge in [-0.2, -0.15) is 0 Å². The SMILES string of the molecule is CN(CCS(C)(=O)=O)C(=O)c1ccc(Cl)c(S(=O)(=O)Cl)c1. The molecule has 0 saturated heterocycles. The van der Waals surface area contributed by atoms with E-state index in [0.717, 1.165) is 12.3 Å². The van der Waals surface area contributed by atoms with E-state index in [1.54, 1.807) is 0 Å². The van der Waals surface area contributed by atoms with Crippen LogP contribution in [0.25, 0.3) is 0 Å². The van der Waals surface area contributed by atoms with Crippen molar-refractivity contribution in [2.75, 3.05) is 25.6 Å². The minimum absolute atomic E-state index is 0.0107. The fourth-order valence-electron chi connectivity index (χ4n) is 1.45. The van der Waals surface area contributed by atoms with Crippen LogP contribution >= 0.6 is 22.3 Å². The Bertz CT molecular complexity index is 759. The smallest absolute Gasteiger partial charge is 0.262 e. The highest BCUT2D eigenvalue weighted by Crippen LogP contribution is 2.26. The van der Waals surface area contributed by atoms with Crippen LogP contribution in [0.5, 0.6) is 0 Å². The van der Waals surface area contributed by atoms with Gasteiger partial charge >= 0.3 is 0 Å². The zero-order valence-electron chi connectivity index (χ0n) is 11.2. The van der Waals surface area contributed by atoms with E-state index in [9.17, 15) is 21.6 Å². The number of rotatable bonds is 5. The molecule has 1 aromatic rings. The molecular formula is C11H13Cl2NO5S2. The Kier molecular flexibility index (Phi) is 5.65. The summed E-state index contributed by atoms with van der Waals surface area (Å²) < 4.78 is 44.8. The summed E-state index contributed by atoms with van der Waals surface area (Å²) in [6, 6.07) is 3.64. The minimum atomic E-state index is -4.08. The molecule has 0 saturated carbocycles. The predicted octanol–water partition coefficient (Wildman–Crippen LogP) is 1.38. The lowest BCUT2D eigenvalue weighted by molar-refractivity contribution is 0.0803. The fourth-order valence-corrected chi connectivity index (χ4v) is 3.55. The van der Waals surface area contributed by atoms with Crippen molar-refractivity contribution in [3.8, 4) is 0 Å². The van der Waals surface area contributed by atoms with Gasteiger partial charge in [0.05, 0.1) is 10.8 Å². The topological polar surface area (TPSA) is 88.6 Å². The van der Waals surface area contributed by atoms with Crippen LogP contribution in [0, 0.1) is 0 Å². The van der Waals surface area contributed by atoms with E-state index in [1.165, 1.54) is 24.1 Å². The maximum atomic E-state index is 12.1. The van der Waals surface area contributed by atoms with Crippen LogP contribution < -0.4 is 0 Å². The number of hydrogen-bond donors (Lipinski definition) is 0. The Hall–Kier alpha value is -0.830. The van der Waals surface area contributed by atoms with Crippen LogP contribution in [0.15, 0.2) is 23.1 Å². The zero-order chi connectivity index (χ0) is 16.4. The summed E-state index contributed by atoms with van der Waals surface area (Å²) in [4.78, 5) is 12.9. The van der Waals surface area contributed by atoms with Crippen LogP contribution in [-0.2, 0) is 18.9 Å². The number of nitrogens with zero attached hydrogens (tertiary/aromatic N) is 1. The van der Waals surface area contributed by atoms with Gasteiger partial charge in [0.15, 0.2) is 0 Å². The molecule has 10 heteroatoms. The summed E-state index contributed by atoms with van der Waals surface area (Å²) in [6.45, 7) is -0.0107. The van der Waals surface area contributed by atoms with Gasteiger partial charge in [0.25, 0.3) is 15.0 Å². The van der Waals surface area contributed by atoms with Crippen molar-refractivity contribution in [3.05, 3.63) is 28.8 Å². The zero-order valence-corrected chi connectivity index (χ0v) is 14.4. The fraction of sp³-hybridized carbons (Fsp3) is 0.364. The lowest BCUT2D eigenvalue weighted by Crippen LogP contribution is -2.31. The van der Waals surface area contributed by atoms with Crippen LogP contribution in [0.1, 0.15) is 10.4 Å². The molecule has 0 spiro atoms. The molecule has 0 aliphatic heterocycles. The van der Waals surface area contributed by atoms with Crippen LogP contribution in [0.4, 0.5) is 0 Å². The van der Waals surface area contributed by atoms with E-state index in [2.05, 4.69) is 0 Å². The van der Waals surface area contributed by atoms with E-state index >= 15 is 0 Å². The first-order chi connectivity index (χ1) is 9.42. The summed E-state index contributed by atoms with van der Waals surface area (Å²) in [5.41, 5.74) is 0.0506. The van der Waals surface area contributed by atoms with E-state index < -0.39 is 24.8 Å². The number of sulfone groups is 1. The van der Waals surface area contributed by atoms with Crippen LogP contribution in [0.3, 0.4) is 0 Å². The maximum Gasteiger partial charge on any atom is 0.262 e. The predicted molar refractivity (Wildman–Crippen MR) is 81.2 cm³/mol. The first-order valence-electron chi connectivity index (χ1n) is 5.59. The molecule has 0 fully saturated rings. The van der Waals surface area contributed by atoms with Gasteiger partial charge in [-0.15, -0.1) is 0 Å². The van der Waals surface area contributed by atoms with Gasteiger partial charge in [0.1, 0.15) is 14.7 Å². The Morgan fingerprint density at radius 2 is 1.81 bits per heavy atom. The van der Waals surface area contributed by atoms with Crippen molar-refractivity contribution in [1.29, 1.82) is 0 Å². The normalized spacial score (nSPS) is 12.2. The lowest BCUT2D eigenvalue weighted by atomic mass is 10.2. The third-order valence-electron chi connectivity index (χ3n) is 2.59. The van der Waals surface area contributed by atoms with Crippen molar-refractivity contribution in [2.24, 2.45) is 0 Å². The highest BCUT2D eigenvalue weighted by molar-refractivity contribution is 8.13. The number of carbonyl (C=O) groups excluding carboxylic acids is 1. The lowest BCUT2D eigenvalue weighted by Gasteiger charge is -2.17. The van der Waals surface area contributed by atoms with E-state index in [4.69, 9.17) is 22.3 Å². The Morgan fingerprint density at radius 1 is 1.24 bits per heavy atom. The number of carbonyl (C=O) groups is 1. The standard InChI is InChI=1S/C11H13Cl2NO5S2/c1-14(5-6-20(2,16)17)11(15)8-3-4-9(12)10(7-8)21(13,18)19/h3-4,7H,5-6H2,1-2H3. The molecule has 118 valence electrons. The van der Waals surface area contributed by atoms with Crippen molar-refractivity contribution < 1.29 is 21.6 Å². The second-order valence-corrected chi connectivity index (χ2v) is 9.64. The van der Waals surface area contributed by atoms with E-state index in [0.29, 0.717) is 0 Å². The summed E-state index contributed by atoms with van der Waals surface area (Å²) in [6.07, 6.45) is 1.06. The Balaban J connectivity index is 3.04. The molecule has 0 aromatic heterocycles. The van der Waals surface area contributed by atoms with E-state index in [-0.39, 0.29) is 27.8 Å². The molecule has 0 unspecified atom stereocenters. The molecule has 21 heavy (non-hydrogen) atoms. The number of halogens is 2. The molecule has 6 nitrogen and oxygen atoms in total. The largest absolute Gasteiger partial charge is 0.341 e.